The Morgan fingerprint density at radius 2 is 1.39 bits per heavy atom. The summed E-state index contributed by atoms with van der Waals surface area (Å²) in [6, 6.07) is 16.1. The third kappa shape index (κ3) is 3.01. The fourth-order valence-corrected chi connectivity index (χ4v) is 1.73. The number of ether oxygens (including phenoxy) is 1. The highest BCUT2D eigenvalue weighted by atomic mass is 16.5. The molecule has 1 nitrogen and oxygen atoms in total. The fourth-order valence-electron chi connectivity index (χ4n) is 1.73. The largest absolute Gasteiger partial charge is 0.457 e. The van der Waals surface area contributed by atoms with Gasteiger partial charge in [0.15, 0.2) is 0 Å². The summed E-state index contributed by atoms with van der Waals surface area (Å²) in [6.07, 6.45) is 1.82. The van der Waals surface area contributed by atoms with Crippen molar-refractivity contribution >= 4 is 6.08 Å². The van der Waals surface area contributed by atoms with Crippen LogP contribution in [0.2, 0.25) is 0 Å². The minimum absolute atomic E-state index is 0.547. The molecule has 2 aromatic rings. The van der Waals surface area contributed by atoms with Gasteiger partial charge in [-0.1, -0.05) is 50.8 Å². The van der Waals surface area contributed by atoms with E-state index in [4.69, 9.17) is 4.74 Å². The standard InChI is InChI=1S/C17H18O/c1-4-14-5-9-16(10-6-14)18-17-11-7-15(8-12-17)13(2)3/h4-13H,1H2,2-3H3. The number of benzene rings is 2. The van der Waals surface area contributed by atoms with Gasteiger partial charge in [0, 0.05) is 0 Å². The Hall–Kier alpha value is -2.02. The van der Waals surface area contributed by atoms with Crippen molar-refractivity contribution in [2.24, 2.45) is 0 Å². The van der Waals surface area contributed by atoms with E-state index in [1.54, 1.807) is 0 Å². The van der Waals surface area contributed by atoms with E-state index in [9.17, 15) is 0 Å². The number of rotatable bonds is 4. The summed E-state index contributed by atoms with van der Waals surface area (Å²) >= 11 is 0. The van der Waals surface area contributed by atoms with E-state index in [1.807, 2.05) is 42.5 Å². The average Bonchev–Trinajstić information content (AvgIpc) is 2.40. The summed E-state index contributed by atoms with van der Waals surface area (Å²) in [5.74, 6) is 2.26. The summed E-state index contributed by atoms with van der Waals surface area (Å²) in [5, 5.41) is 0. The molecule has 18 heavy (non-hydrogen) atoms. The quantitative estimate of drug-likeness (QED) is 0.707. The highest BCUT2D eigenvalue weighted by molar-refractivity contribution is 5.48. The first-order chi connectivity index (χ1) is 8.69. The van der Waals surface area contributed by atoms with Crippen molar-refractivity contribution in [2.45, 2.75) is 19.8 Å². The van der Waals surface area contributed by atoms with Gasteiger partial charge in [-0.2, -0.15) is 0 Å². The van der Waals surface area contributed by atoms with E-state index in [0.717, 1.165) is 17.1 Å². The fraction of sp³-hybridized carbons (Fsp3) is 0.176. The van der Waals surface area contributed by atoms with Crippen LogP contribution in [0.3, 0.4) is 0 Å². The van der Waals surface area contributed by atoms with Gasteiger partial charge >= 0.3 is 0 Å². The minimum Gasteiger partial charge on any atom is -0.457 e. The van der Waals surface area contributed by atoms with Crippen molar-refractivity contribution in [3.8, 4) is 11.5 Å². The molecule has 92 valence electrons. The molecule has 0 amide bonds. The zero-order chi connectivity index (χ0) is 13.0. The summed E-state index contributed by atoms with van der Waals surface area (Å²) < 4.78 is 5.78. The van der Waals surface area contributed by atoms with Crippen molar-refractivity contribution in [1.82, 2.24) is 0 Å². The summed E-state index contributed by atoms with van der Waals surface area (Å²) in [7, 11) is 0. The third-order valence-corrected chi connectivity index (χ3v) is 2.90. The molecule has 0 aliphatic heterocycles. The predicted octanol–water partition coefficient (Wildman–Crippen LogP) is 5.25. The molecule has 0 unspecified atom stereocenters. The first-order valence-corrected chi connectivity index (χ1v) is 6.19. The molecule has 1 heteroatoms. The van der Waals surface area contributed by atoms with Crippen LogP contribution in [-0.4, -0.2) is 0 Å². The first kappa shape index (κ1) is 12.4. The maximum absolute atomic E-state index is 5.78. The SMILES string of the molecule is C=Cc1ccc(Oc2ccc(C(C)C)cc2)cc1. The first-order valence-electron chi connectivity index (χ1n) is 6.19. The van der Waals surface area contributed by atoms with Crippen molar-refractivity contribution in [1.29, 1.82) is 0 Å². The normalized spacial score (nSPS) is 10.4. The predicted molar refractivity (Wildman–Crippen MR) is 77.1 cm³/mol. The van der Waals surface area contributed by atoms with Crippen molar-refractivity contribution in [3.05, 3.63) is 66.2 Å². The molecule has 0 spiro atoms. The van der Waals surface area contributed by atoms with Gasteiger partial charge in [-0.25, -0.2) is 0 Å². The average molecular weight is 238 g/mol. The van der Waals surface area contributed by atoms with Crippen molar-refractivity contribution in [2.75, 3.05) is 0 Å². The zero-order valence-corrected chi connectivity index (χ0v) is 10.9. The lowest BCUT2D eigenvalue weighted by Gasteiger charge is -2.08. The molecule has 0 aliphatic carbocycles. The van der Waals surface area contributed by atoms with Gasteiger partial charge in [0.25, 0.3) is 0 Å². The van der Waals surface area contributed by atoms with Crippen LogP contribution < -0.4 is 4.74 Å². The van der Waals surface area contributed by atoms with E-state index >= 15 is 0 Å². The van der Waals surface area contributed by atoms with Crippen LogP contribution in [0.25, 0.3) is 6.08 Å². The lowest BCUT2D eigenvalue weighted by atomic mass is 10.0. The Morgan fingerprint density at radius 3 is 1.83 bits per heavy atom. The molecule has 0 fully saturated rings. The topological polar surface area (TPSA) is 9.23 Å². The Bertz CT molecular complexity index is 506. The van der Waals surface area contributed by atoms with Crippen molar-refractivity contribution < 1.29 is 4.74 Å². The smallest absolute Gasteiger partial charge is 0.127 e. The molecule has 0 atom stereocenters. The van der Waals surface area contributed by atoms with Crippen LogP contribution in [0.1, 0.15) is 30.9 Å². The molecule has 0 N–H and O–H groups in total. The molecular weight excluding hydrogens is 220 g/mol. The molecule has 0 bridgehead atoms. The summed E-state index contributed by atoms with van der Waals surface area (Å²) in [4.78, 5) is 0. The van der Waals surface area contributed by atoms with E-state index < -0.39 is 0 Å². The second kappa shape index (κ2) is 5.54. The number of hydrogen-bond donors (Lipinski definition) is 0. The molecular formula is C17H18O. The van der Waals surface area contributed by atoms with Gasteiger partial charge in [-0.15, -0.1) is 0 Å². The highest BCUT2D eigenvalue weighted by Crippen LogP contribution is 2.24. The van der Waals surface area contributed by atoms with Crippen LogP contribution in [-0.2, 0) is 0 Å². The van der Waals surface area contributed by atoms with Crippen LogP contribution in [0.15, 0.2) is 55.1 Å². The molecule has 0 radical (unpaired) electrons. The van der Waals surface area contributed by atoms with Gasteiger partial charge in [0.1, 0.15) is 11.5 Å². The van der Waals surface area contributed by atoms with Crippen LogP contribution >= 0.6 is 0 Å². The Kier molecular flexibility index (Phi) is 3.83. The van der Waals surface area contributed by atoms with E-state index in [2.05, 4.69) is 32.6 Å². The highest BCUT2D eigenvalue weighted by Gasteiger charge is 2.00. The van der Waals surface area contributed by atoms with Crippen LogP contribution in [0, 0.1) is 0 Å². The summed E-state index contributed by atoms with van der Waals surface area (Å²) in [5.41, 5.74) is 2.42. The van der Waals surface area contributed by atoms with Gasteiger partial charge in [-0.3, -0.25) is 0 Å². The number of hydrogen-bond acceptors (Lipinski definition) is 1. The lowest BCUT2D eigenvalue weighted by molar-refractivity contribution is 0.482. The van der Waals surface area contributed by atoms with Crippen LogP contribution in [0.4, 0.5) is 0 Å². The molecule has 2 aromatic carbocycles. The molecule has 0 saturated heterocycles. The third-order valence-electron chi connectivity index (χ3n) is 2.90. The second-order valence-electron chi connectivity index (χ2n) is 4.60. The maximum Gasteiger partial charge on any atom is 0.127 e. The molecule has 0 heterocycles. The van der Waals surface area contributed by atoms with E-state index in [0.29, 0.717) is 5.92 Å². The van der Waals surface area contributed by atoms with Gasteiger partial charge < -0.3 is 4.74 Å². The molecule has 0 saturated carbocycles. The molecule has 2 rings (SSSR count). The molecule has 0 aliphatic rings. The Balaban J connectivity index is 2.10. The van der Waals surface area contributed by atoms with Gasteiger partial charge in [0.05, 0.1) is 0 Å². The summed E-state index contributed by atoms with van der Waals surface area (Å²) in [6.45, 7) is 8.10. The van der Waals surface area contributed by atoms with E-state index in [1.165, 1.54) is 5.56 Å². The van der Waals surface area contributed by atoms with E-state index in [-0.39, 0.29) is 0 Å². The van der Waals surface area contributed by atoms with Crippen molar-refractivity contribution in [3.63, 3.8) is 0 Å². The maximum atomic E-state index is 5.78. The second-order valence-corrected chi connectivity index (χ2v) is 4.60. The van der Waals surface area contributed by atoms with Gasteiger partial charge in [0.2, 0.25) is 0 Å². The molecule has 0 aromatic heterocycles. The lowest BCUT2D eigenvalue weighted by Crippen LogP contribution is -1.88. The van der Waals surface area contributed by atoms with Gasteiger partial charge in [-0.05, 0) is 41.3 Å². The Morgan fingerprint density at radius 1 is 0.889 bits per heavy atom. The zero-order valence-electron chi connectivity index (χ0n) is 10.9. The minimum atomic E-state index is 0.547. The van der Waals surface area contributed by atoms with Crippen LogP contribution in [0.5, 0.6) is 11.5 Å². The Labute approximate surface area is 109 Å². The monoisotopic (exact) mass is 238 g/mol.